The number of methoxy groups -OCH3 is 2. The van der Waals surface area contributed by atoms with Crippen molar-refractivity contribution in [1.29, 1.82) is 0 Å². The van der Waals surface area contributed by atoms with Crippen LogP contribution in [0.5, 0.6) is 11.5 Å². The minimum atomic E-state index is 0.264. The summed E-state index contributed by atoms with van der Waals surface area (Å²) in [6.07, 6.45) is 3.85. The van der Waals surface area contributed by atoms with E-state index in [-0.39, 0.29) is 6.04 Å². The summed E-state index contributed by atoms with van der Waals surface area (Å²) in [7, 11) is 3.43. The summed E-state index contributed by atoms with van der Waals surface area (Å²) >= 11 is 0. The molecule has 21 heavy (non-hydrogen) atoms. The van der Waals surface area contributed by atoms with E-state index < -0.39 is 0 Å². The fraction of sp³-hybridized carbons (Fsp3) is 0.667. The van der Waals surface area contributed by atoms with Gasteiger partial charge < -0.3 is 14.8 Å². The Morgan fingerprint density at radius 2 is 1.86 bits per heavy atom. The Balaban J connectivity index is 2.07. The van der Waals surface area contributed by atoms with E-state index in [0.717, 1.165) is 23.3 Å². The lowest BCUT2D eigenvalue weighted by Crippen LogP contribution is -2.37. The Labute approximate surface area is 129 Å². The number of ether oxygens (including phenoxy) is 2. The van der Waals surface area contributed by atoms with Gasteiger partial charge in [-0.25, -0.2) is 0 Å². The van der Waals surface area contributed by atoms with Gasteiger partial charge in [0.2, 0.25) is 0 Å². The average molecular weight is 291 g/mol. The van der Waals surface area contributed by atoms with Crippen molar-refractivity contribution in [3.63, 3.8) is 0 Å². The monoisotopic (exact) mass is 291 g/mol. The zero-order chi connectivity index (χ0) is 15.4. The predicted molar refractivity (Wildman–Crippen MR) is 87.1 cm³/mol. The van der Waals surface area contributed by atoms with E-state index in [1.807, 2.05) is 12.1 Å². The maximum Gasteiger partial charge on any atom is 0.123 e. The minimum Gasteiger partial charge on any atom is -0.497 e. The van der Waals surface area contributed by atoms with E-state index in [0.29, 0.717) is 6.04 Å². The molecule has 1 aromatic rings. The van der Waals surface area contributed by atoms with Crippen molar-refractivity contribution < 1.29 is 9.47 Å². The molecule has 1 aliphatic carbocycles. The highest BCUT2D eigenvalue weighted by molar-refractivity contribution is 5.42. The number of nitrogens with one attached hydrogen (secondary N) is 1. The highest BCUT2D eigenvalue weighted by atomic mass is 16.5. The molecule has 3 heteroatoms. The van der Waals surface area contributed by atoms with Gasteiger partial charge in [-0.15, -0.1) is 0 Å². The fourth-order valence-electron chi connectivity index (χ4n) is 3.32. The average Bonchev–Trinajstić information content (AvgIpc) is 2.50. The second-order valence-corrected chi connectivity index (χ2v) is 6.46. The maximum absolute atomic E-state index is 5.50. The molecule has 0 aliphatic heterocycles. The van der Waals surface area contributed by atoms with E-state index >= 15 is 0 Å². The van der Waals surface area contributed by atoms with Gasteiger partial charge >= 0.3 is 0 Å². The van der Waals surface area contributed by atoms with Gasteiger partial charge in [0.05, 0.1) is 14.2 Å². The Bertz CT molecular complexity index is 461. The lowest BCUT2D eigenvalue weighted by molar-refractivity contribution is 0.216. The van der Waals surface area contributed by atoms with Gasteiger partial charge in [-0.3, -0.25) is 0 Å². The highest BCUT2D eigenvalue weighted by Gasteiger charge is 2.26. The zero-order valence-electron chi connectivity index (χ0n) is 14.0. The molecule has 3 nitrogen and oxygen atoms in total. The second-order valence-electron chi connectivity index (χ2n) is 6.46. The molecule has 0 amide bonds. The summed E-state index contributed by atoms with van der Waals surface area (Å²) < 4.78 is 10.8. The second kappa shape index (κ2) is 7.17. The Hall–Kier alpha value is -1.22. The molecule has 4 atom stereocenters. The number of hydrogen-bond donors (Lipinski definition) is 1. The van der Waals surface area contributed by atoms with E-state index in [1.165, 1.54) is 24.8 Å². The Kier molecular flexibility index (Phi) is 5.51. The van der Waals surface area contributed by atoms with Crippen LogP contribution < -0.4 is 14.8 Å². The van der Waals surface area contributed by atoms with Gasteiger partial charge in [0.15, 0.2) is 0 Å². The molecule has 0 heterocycles. The van der Waals surface area contributed by atoms with Crippen LogP contribution in [0.1, 0.15) is 51.6 Å². The van der Waals surface area contributed by atoms with Gasteiger partial charge in [0.25, 0.3) is 0 Å². The van der Waals surface area contributed by atoms with Crippen molar-refractivity contribution in [1.82, 2.24) is 5.32 Å². The molecule has 0 aromatic heterocycles. The molecular formula is C18H29NO2. The van der Waals surface area contributed by atoms with Crippen molar-refractivity contribution >= 4 is 0 Å². The number of hydrogen-bond acceptors (Lipinski definition) is 3. The molecule has 0 bridgehead atoms. The number of rotatable bonds is 5. The third-order valence-corrected chi connectivity index (χ3v) is 4.99. The molecule has 2 rings (SSSR count). The summed E-state index contributed by atoms with van der Waals surface area (Å²) in [6, 6.07) is 6.87. The van der Waals surface area contributed by atoms with Crippen LogP contribution in [0.15, 0.2) is 18.2 Å². The Morgan fingerprint density at radius 1 is 1.10 bits per heavy atom. The normalized spacial score (nSPS) is 27.2. The topological polar surface area (TPSA) is 30.5 Å². The van der Waals surface area contributed by atoms with Crippen LogP contribution >= 0.6 is 0 Å². The smallest absolute Gasteiger partial charge is 0.123 e. The maximum atomic E-state index is 5.50. The first-order chi connectivity index (χ1) is 10.0. The molecule has 4 unspecified atom stereocenters. The third-order valence-electron chi connectivity index (χ3n) is 4.99. The first-order valence-corrected chi connectivity index (χ1v) is 8.03. The first-order valence-electron chi connectivity index (χ1n) is 8.03. The molecule has 0 radical (unpaired) electrons. The minimum absolute atomic E-state index is 0.264. The van der Waals surface area contributed by atoms with E-state index in [2.05, 4.69) is 32.2 Å². The Morgan fingerprint density at radius 3 is 2.48 bits per heavy atom. The van der Waals surface area contributed by atoms with Crippen LogP contribution in [-0.2, 0) is 0 Å². The van der Waals surface area contributed by atoms with Crippen LogP contribution in [-0.4, -0.2) is 20.3 Å². The molecule has 1 aromatic carbocycles. The molecular weight excluding hydrogens is 262 g/mol. The van der Waals surface area contributed by atoms with Gasteiger partial charge in [0.1, 0.15) is 11.5 Å². The number of benzene rings is 1. The molecule has 0 saturated heterocycles. The summed E-state index contributed by atoms with van der Waals surface area (Å²) in [6.45, 7) is 6.95. The van der Waals surface area contributed by atoms with Gasteiger partial charge in [-0.05, 0) is 56.2 Å². The van der Waals surface area contributed by atoms with Gasteiger partial charge in [-0.2, -0.15) is 0 Å². The van der Waals surface area contributed by atoms with Crippen LogP contribution in [0.25, 0.3) is 0 Å². The standard InChI is InChI=1S/C18H29NO2/c1-12-6-7-15(10-13(12)2)19-14(3)17-11-16(20-4)8-9-18(17)21-5/h8-9,11-15,19H,6-7,10H2,1-5H3. The molecule has 0 spiro atoms. The van der Waals surface area contributed by atoms with Crippen molar-refractivity contribution in [2.24, 2.45) is 11.8 Å². The van der Waals surface area contributed by atoms with E-state index in [4.69, 9.17) is 9.47 Å². The summed E-state index contributed by atoms with van der Waals surface area (Å²) in [5.74, 6) is 3.46. The largest absolute Gasteiger partial charge is 0.497 e. The molecule has 1 saturated carbocycles. The van der Waals surface area contributed by atoms with E-state index in [9.17, 15) is 0 Å². The SMILES string of the molecule is COc1ccc(OC)c(C(C)NC2CCC(C)C(C)C2)c1. The van der Waals surface area contributed by atoms with Crippen LogP contribution in [0, 0.1) is 11.8 Å². The predicted octanol–water partition coefficient (Wildman–Crippen LogP) is 4.18. The van der Waals surface area contributed by atoms with Crippen LogP contribution in [0.4, 0.5) is 0 Å². The molecule has 1 N–H and O–H groups in total. The third kappa shape index (κ3) is 3.91. The van der Waals surface area contributed by atoms with Gasteiger partial charge in [-0.1, -0.05) is 13.8 Å². The van der Waals surface area contributed by atoms with Crippen molar-refractivity contribution in [2.45, 2.75) is 52.1 Å². The summed E-state index contributed by atoms with van der Waals surface area (Å²) in [5, 5.41) is 3.78. The summed E-state index contributed by atoms with van der Waals surface area (Å²) in [5.41, 5.74) is 1.17. The van der Waals surface area contributed by atoms with Crippen molar-refractivity contribution in [3.05, 3.63) is 23.8 Å². The van der Waals surface area contributed by atoms with Crippen LogP contribution in [0.2, 0.25) is 0 Å². The zero-order valence-corrected chi connectivity index (χ0v) is 14.0. The molecule has 118 valence electrons. The highest BCUT2D eigenvalue weighted by Crippen LogP contribution is 2.33. The van der Waals surface area contributed by atoms with Gasteiger partial charge in [0, 0.05) is 17.6 Å². The molecule has 1 fully saturated rings. The lowest BCUT2D eigenvalue weighted by atomic mass is 9.79. The lowest BCUT2D eigenvalue weighted by Gasteiger charge is -2.34. The van der Waals surface area contributed by atoms with Crippen molar-refractivity contribution in [2.75, 3.05) is 14.2 Å². The van der Waals surface area contributed by atoms with Crippen LogP contribution in [0.3, 0.4) is 0 Å². The first kappa shape index (κ1) is 16.2. The fourth-order valence-corrected chi connectivity index (χ4v) is 3.32. The summed E-state index contributed by atoms with van der Waals surface area (Å²) in [4.78, 5) is 0. The molecule has 1 aliphatic rings. The van der Waals surface area contributed by atoms with E-state index in [1.54, 1.807) is 14.2 Å². The van der Waals surface area contributed by atoms with Crippen molar-refractivity contribution in [3.8, 4) is 11.5 Å². The quantitative estimate of drug-likeness (QED) is 0.883.